The zero-order chi connectivity index (χ0) is 24.3. The molecule has 0 radical (unpaired) electrons. The van der Waals surface area contributed by atoms with E-state index in [0.29, 0.717) is 28.2 Å². The lowest BCUT2D eigenvalue weighted by Crippen LogP contribution is -2.15. The van der Waals surface area contributed by atoms with Crippen LogP contribution in [0.1, 0.15) is 37.5 Å². The van der Waals surface area contributed by atoms with Crippen molar-refractivity contribution in [2.45, 2.75) is 20.8 Å². The van der Waals surface area contributed by atoms with E-state index >= 15 is 0 Å². The Bertz CT molecular complexity index is 1570. The molecule has 164 valence electrons. The Balaban J connectivity index is 1.75. The molecule has 2 heterocycles. The molecule has 0 saturated heterocycles. The van der Waals surface area contributed by atoms with Gasteiger partial charge in [0.15, 0.2) is 0 Å². The first-order valence-corrected chi connectivity index (χ1v) is 10.6. The van der Waals surface area contributed by atoms with Crippen LogP contribution in [0.4, 0.5) is 0 Å². The maximum atomic E-state index is 12.6. The molecule has 0 fully saturated rings. The molecule has 1 aliphatic heterocycles. The molecule has 0 N–H and O–H groups in total. The smallest absolute Gasteiger partial charge is 0.343 e. The highest BCUT2D eigenvalue weighted by Gasteiger charge is 2.24. The number of hydrogen-bond acceptors (Lipinski definition) is 5. The Labute approximate surface area is 197 Å². The molecule has 2 aromatic rings. The van der Waals surface area contributed by atoms with Crippen molar-refractivity contribution < 1.29 is 9.15 Å². The van der Waals surface area contributed by atoms with E-state index in [-0.39, 0.29) is 11.0 Å². The lowest BCUT2D eigenvalue weighted by Gasteiger charge is -2.26. The minimum absolute atomic E-state index is 0.0105. The van der Waals surface area contributed by atoms with Crippen molar-refractivity contribution in [1.29, 1.82) is 10.5 Å². The molecule has 1 aromatic heterocycles. The van der Waals surface area contributed by atoms with Crippen molar-refractivity contribution in [1.82, 2.24) is 0 Å². The van der Waals surface area contributed by atoms with Gasteiger partial charge < -0.3 is 9.15 Å². The minimum atomic E-state index is -0.494. The Morgan fingerprint density at radius 3 is 2.59 bits per heavy atom. The summed E-state index contributed by atoms with van der Waals surface area (Å²) in [6, 6.07) is 9.28. The van der Waals surface area contributed by atoms with E-state index < -0.39 is 5.63 Å². The van der Waals surface area contributed by atoms with Crippen LogP contribution >= 0.6 is 0 Å². The van der Waals surface area contributed by atoms with E-state index in [4.69, 9.17) is 9.15 Å². The van der Waals surface area contributed by atoms with Gasteiger partial charge in [-0.15, -0.1) is 0 Å². The van der Waals surface area contributed by atoms with E-state index in [0.717, 1.165) is 16.5 Å². The van der Waals surface area contributed by atoms with Crippen LogP contribution < -0.4 is 5.63 Å². The first-order valence-electron chi connectivity index (χ1n) is 10.6. The van der Waals surface area contributed by atoms with Crippen LogP contribution in [0.15, 0.2) is 86.5 Å². The second-order valence-corrected chi connectivity index (χ2v) is 8.75. The van der Waals surface area contributed by atoms with E-state index in [1.807, 2.05) is 57.2 Å². The van der Waals surface area contributed by atoms with Crippen LogP contribution in [0.3, 0.4) is 0 Å². The fourth-order valence-electron chi connectivity index (χ4n) is 3.39. The van der Waals surface area contributed by atoms with Crippen LogP contribution in [-0.4, -0.2) is 0 Å². The molecule has 1 aromatic carbocycles. The average Bonchev–Trinajstić information content (AvgIpc) is 2.78. The molecule has 34 heavy (non-hydrogen) atoms. The van der Waals surface area contributed by atoms with Gasteiger partial charge in [-0.3, -0.25) is 0 Å². The molecule has 2 aliphatic rings. The molecule has 0 spiro atoms. The van der Waals surface area contributed by atoms with Crippen LogP contribution in [0, 0.1) is 39.9 Å². The number of allylic oxidation sites excluding steroid dienone is 9. The molecule has 0 atom stereocenters. The standard InChI is InChI=1S/C29H20N2O3/c1-29(2,3)27-16-22(24(17-30)18-31)14-25(33-27)11-10-21-13-23-12-19-8-6-4-5-7-9-20(19)15-26(23)34-28(21)32/h4-6,8,10-16H,1-3H3/b5-4-,6-4?,8-6?,11-10+,19-8?. The molecular formula is C29H20N2O3. The molecule has 5 nitrogen and oxygen atoms in total. The highest BCUT2D eigenvalue weighted by molar-refractivity contribution is 5.84. The molecule has 0 bridgehead atoms. The molecule has 1 aliphatic carbocycles. The number of ether oxygens (including phenoxy) is 1. The van der Waals surface area contributed by atoms with Gasteiger partial charge in [0.25, 0.3) is 0 Å². The van der Waals surface area contributed by atoms with Crippen LogP contribution in [0.5, 0.6) is 0 Å². The molecule has 0 amide bonds. The largest absolute Gasteiger partial charge is 0.461 e. The van der Waals surface area contributed by atoms with Gasteiger partial charge in [0, 0.05) is 21.9 Å². The van der Waals surface area contributed by atoms with Gasteiger partial charge in [0.05, 0.1) is 5.56 Å². The van der Waals surface area contributed by atoms with E-state index in [2.05, 4.69) is 11.8 Å². The van der Waals surface area contributed by atoms with Crippen molar-refractivity contribution >= 4 is 23.1 Å². The summed E-state index contributed by atoms with van der Waals surface area (Å²) in [7, 11) is 0. The van der Waals surface area contributed by atoms with Gasteiger partial charge in [0.2, 0.25) is 0 Å². The zero-order valence-corrected chi connectivity index (χ0v) is 19.0. The summed E-state index contributed by atoms with van der Waals surface area (Å²) in [5.74, 6) is 7.02. The number of nitriles is 2. The first kappa shape index (κ1) is 22.4. The Morgan fingerprint density at radius 2 is 1.85 bits per heavy atom. The minimum Gasteiger partial charge on any atom is -0.461 e. The summed E-state index contributed by atoms with van der Waals surface area (Å²) < 4.78 is 11.5. The Hall–Kier alpha value is -4.79. The Morgan fingerprint density at radius 1 is 1.06 bits per heavy atom. The predicted molar refractivity (Wildman–Crippen MR) is 132 cm³/mol. The summed E-state index contributed by atoms with van der Waals surface area (Å²) in [6.07, 6.45) is 14.0. The first-order chi connectivity index (χ1) is 16.3. The van der Waals surface area contributed by atoms with Crippen molar-refractivity contribution in [2.75, 3.05) is 0 Å². The van der Waals surface area contributed by atoms with Gasteiger partial charge in [-0.05, 0) is 54.1 Å². The number of nitrogens with zero attached hydrogens (tertiary/aromatic N) is 2. The van der Waals surface area contributed by atoms with Gasteiger partial charge in [-0.25, -0.2) is 4.79 Å². The maximum absolute atomic E-state index is 12.6. The van der Waals surface area contributed by atoms with E-state index in [1.165, 1.54) is 0 Å². The summed E-state index contributed by atoms with van der Waals surface area (Å²) >= 11 is 0. The molecule has 0 unspecified atom stereocenters. The third kappa shape index (κ3) is 4.68. The third-order valence-electron chi connectivity index (χ3n) is 5.20. The fourth-order valence-corrected chi connectivity index (χ4v) is 3.39. The number of rotatable bonds is 2. The number of benzene rings is 1. The summed E-state index contributed by atoms with van der Waals surface area (Å²) in [4.78, 5) is 12.6. The SMILES string of the molecule is CC(C)(C)C1=CC(=C(C#N)C#N)C=C(/C=C/c2cc3cc4c(cc3oc2=O)C#C/C=C\C=C4)O1. The van der Waals surface area contributed by atoms with Gasteiger partial charge >= 0.3 is 5.63 Å². The Kier molecular flexibility index (Phi) is 5.92. The molecule has 5 heteroatoms. The van der Waals surface area contributed by atoms with E-state index in [1.54, 1.807) is 42.5 Å². The maximum Gasteiger partial charge on any atom is 0.343 e. The van der Waals surface area contributed by atoms with Gasteiger partial charge in [-0.2, -0.15) is 10.5 Å². The second-order valence-electron chi connectivity index (χ2n) is 8.75. The molecule has 0 saturated carbocycles. The van der Waals surface area contributed by atoms with Crippen molar-refractivity contribution in [3.05, 3.63) is 104 Å². The average molecular weight is 444 g/mol. The van der Waals surface area contributed by atoms with Crippen LogP contribution in [0.2, 0.25) is 0 Å². The number of fused-ring (bicyclic) bond motifs is 2. The lowest BCUT2D eigenvalue weighted by atomic mass is 9.90. The van der Waals surface area contributed by atoms with Crippen LogP contribution in [-0.2, 0) is 4.74 Å². The lowest BCUT2D eigenvalue weighted by molar-refractivity contribution is 0.223. The number of hydrogen-bond donors (Lipinski definition) is 0. The fraction of sp³-hybridized carbons (Fsp3) is 0.138. The highest BCUT2D eigenvalue weighted by Crippen LogP contribution is 2.34. The van der Waals surface area contributed by atoms with Gasteiger partial charge in [0.1, 0.15) is 34.8 Å². The normalized spacial score (nSPS) is 15.5. The zero-order valence-electron chi connectivity index (χ0n) is 19.0. The third-order valence-corrected chi connectivity index (χ3v) is 5.20. The molecular weight excluding hydrogens is 424 g/mol. The monoisotopic (exact) mass is 444 g/mol. The quantitative estimate of drug-likeness (QED) is 0.326. The van der Waals surface area contributed by atoms with Gasteiger partial charge in [-0.1, -0.05) is 50.8 Å². The van der Waals surface area contributed by atoms with Crippen molar-refractivity contribution in [2.24, 2.45) is 5.41 Å². The summed E-state index contributed by atoms with van der Waals surface area (Å²) in [5.41, 5.74) is 2.13. The van der Waals surface area contributed by atoms with E-state index in [9.17, 15) is 15.3 Å². The van der Waals surface area contributed by atoms with Crippen molar-refractivity contribution in [3.63, 3.8) is 0 Å². The topological polar surface area (TPSA) is 87.0 Å². The summed E-state index contributed by atoms with van der Waals surface area (Å²) in [6.45, 7) is 5.91. The van der Waals surface area contributed by atoms with Crippen molar-refractivity contribution in [3.8, 4) is 24.0 Å². The predicted octanol–water partition coefficient (Wildman–Crippen LogP) is 5.93. The summed E-state index contributed by atoms with van der Waals surface area (Å²) in [5, 5.41) is 19.4. The highest BCUT2D eigenvalue weighted by atomic mass is 16.5. The van der Waals surface area contributed by atoms with Crippen LogP contribution in [0.25, 0.3) is 23.1 Å². The molecule has 4 rings (SSSR count). The second kappa shape index (κ2) is 8.99.